The zero-order chi connectivity index (χ0) is 22.3. The standard InChI is InChI=1S/C18H14ClF5N6O/c19-8-1-10-11(4-26-14(10)25-3-8)15-27-5-12(21)16(29-15)30-6-9(20)2-13(30)17(31)28-7-18(22,23)24/h1,3-5,9,11,13H,2,6-7H2,(H,28,31)/t9?,11?,13-/m0/s1. The van der Waals surface area contributed by atoms with E-state index in [0.717, 1.165) is 11.1 Å². The number of pyridine rings is 1. The van der Waals surface area contributed by atoms with E-state index < -0.39 is 55.5 Å². The molecule has 0 bridgehead atoms. The minimum atomic E-state index is -4.63. The summed E-state index contributed by atoms with van der Waals surface area (Å²) in [6, 6.07) is 0.254. The van der Waals surface area contributed by atoms with Gasteiger partial charge in [-0.05, 0) is 6.07 Å². The van der Waals surface area contributed by atoms with E-state index in [1.165, 1.54) is 12.4 Å². The SMILES string of the molecule is O=C(NCC(F)(F)F)[C@@H]1CC(F)CN1c1nc(C2C=Nc3ncc(Cl)cc32)ncc1F. The van der Waals surface area contributed by atoms with Crippen LogP contribution in [0.4, 0.5) is 33.6 Å². The number of alkyl halides is 4. The van der Waals surface area contributed by atoms with Crippen LogP contribution in [0.15, 0.2) is 23.5 Å². The first kappa shape index (κ1) is 21.3. The highest BCUT2D eigenvalue weighted by Crippen LogP contribution is 2.36. The average molecular weight is 461 g/mol. The fourth-order valence-corrected chi connectivity index (χ4v) is 3.68. The fraction of sp³-hybridized carbons (Fsp3) is 0.389. The topological polar surface area (TPSA) is 83.4 Å². The zero-order valence-corrected chi connectivity index (χ0v) is 16.3. The van der Waals surface area contributed by atoms with Gasteiger partial charge in [0, 0.05) is 24.4 Å². The summed E-state index contributed by atoms with van der Waals surface area (Å²) in [5.74, 6) is -2.51. The number of aromatic nitrogens is 3. The molecule has 0 radical (unpaired) electrons. The van der Waals surface area contributed by atoms with Crippen molar-refractivity contribution in [2.45, 2.75) is 30.7 Å². The van der Waals surface area contributed by atoms with Gasteiger partial charge in [0.1, 0.15) is 24.6 Å². The van der Waals surface area contributed by atoms with Gasteiger partial charge in [0.15, 0.2) is 17.5 Å². The molecule has 31 heavy (non-hydrogen) atoms. The predicted molar refractivity (Wildman–Crippen MR) is 101 cm³/mol. The molecule has 2 aliphatic rings. The Kier molecular flexibility index (Phi) is 5.50. The number of amides is 1. The van der Waals surface area contributed by atoms with E-state index in [1.807, 2.05) is 0 Å². The number of nitrogens with one attached hydrogen (secondary N) is 1. The molecule has 1 amide bonds. The van der Waals surface area contributed by atoms with E-state index in [9.17, 15) is 26.7 Å². The van der Waals surface area contributed by atoms with Gasteiger partial charge in [0.2, 0.25) is 5.91 Å². The molecule has 2 aromatic rings. The van der Waals surface area contributed by atoms with Crippen molar-refractivity contribution in [2.75, 3.05) is 18.0 Å². The maximum absolute atomic E-state index is 14.5. The maximum atomic E-state index is 14.5. The first-order valence-electron chi connectivity index (χ1n) is 9.09. The number of anilines is 1. The number of aliphatic imine (C=N–C) groups is 1. The van der Waals surface area contributed by atoms with E-state index >= 15 is 0 Å². The Morgan fingerprint density at radius 2 is 2.06 bits per heavy atom. The maximum Gasteiger partial charge on any atom is 0.405 e. The summed E-state index contributed by atoms with van der Waals surface area (Å²) in [7, 11) is 0. The highest BCUT2D eigenvalue weighted by atomic mass is 35.5. The molecule has 2 aromatic heterocycles. The van der Waals surface area contributed by atoms with E-state index in [2.05, 4.69) is 19.9 Å². The van der Waals surface area contributed by atoms with Crippen LogP contribution in [-0.2, 0) is 4.79 Å². The molecule has 0 saturated carbocycles. The number of fused-ring (bicyclic) bond motifs is 1. The lowest BCUT2D eigenvalue weighted by molar-refractivity contribution is -0.139. The van der Waals surface area contributed by atoms with Crippen molar-refractivity contribution in [1.82, 2.24) is 20.3 Å². The molecule has 4 heterocycles. The summed E-state index contributed by atoms with van der Waals surface area (Å²) in [6.07, 6.45) is -2.82. The summed E-state index contributed by atoms with van der Waals surface area (Å²) in [5, 5.41) is 2.06. The van der Waals surface area contributed by atoms with Crippen LogP contribution in [0.25, 0.3) is 0 Å². The van der Waals surface area contributed by atoms with Crippen molar-refractivity contribution in [3.63, 3.8) is 0 Å². The third-order valence-electron chi connectivity index (χ3n) is 4.85. The number of hydrogen-bond donors (Lipinski definition) is 1. The number of nitrogens with zero attached hydrogens (tertiary/aromatic N) is 5. The van der Waals surface area contributed by atoms with Crippen LogP contribution in [0, 0.1) is 5.82 Å². The fourth-order valence-electron chi connectivity index (χ4n) is 3.51. The summed E-state index contributed by atoms with van der Waals surface area (Å²) in [5.41, 5.74) is 0.578. The van der Waals surface area contributed by atoms with Gasteiger partial charge in [-0.25, -0.2) is 28.7 Å². The lowest BCUT2D eigenvalue weighted by atomic mass is 10.0. The zero-order valence-electron chi connectivity index (χ0n) is 15.6. The van der Waals surface area contributed by atoms with E-state index in [0.29, 0.717) is 16.4 Å². The van der Waals surface area contributed by atoms with Gasteiger partial charge in [-0.2, -0.15) is 13.2 Å². The molecule has 3 atom stereocenters. The van der Waals surface area contributed by atoms with Crippen molar-refractivity contribution >= 4 is 35.4 Å². The predicted octanol–water partition coefficient (Wildman–Crippen LogP) is 3.11. The second kappa shape index (κ2) is 7.98. The number of carbonyl (C=O) groups excluding carboxylic acids is 1. The molecule has 164 valence electrons. The third-order valence-corrected chi connectivity index (χ3v) is 5.06. The average Bonchev–Trinajstić information content (AvgIpc) is 3.29. The molecule has 0 spiro atoms. The Morgan fingerprint density at radius 3 is 2.81 bits per heavy atom. The van der Waals surface area contributed by atoms with Gasteiger partial charge in [-0.1, -0.05) is 11.6 Å². The quantitative estimate of drug-likeness (QED) is 0.709. The molecule has 7 nitrogen and oxygen atoms in total. The monoisotopic (exact) mass is 460 g/mol. The van der Waals surface area contributed by atoms with Crippen molar-refractivity contribution in [1.29, 1.82) is 0 Å². The Balaban J connectivity index is 1.63. The molecular formula is C18H14ClF5N6O. The van der Waals surface area contributed by atoms with Gasteiger partial charge in [0.05, 0.1) is 23.7 Å². The van der Waals surface area contributed by atoms with Gasteiger partial charge in [0.25, 0.3) is 0 Å². The smallest absolute Gasteiger partial charge is 0.345 e. The van der Waals surface area contributed by atoms with Gasteiger partial charge in [-0.15, -0.1) is 0 Å². The van der Waals surface area contributed by atoms with Crippen LogP contribution in [0.2, 0.25) is 5.02 Å². The Morgan fingerprint density at radius 1 is 1.29 bits per heavy atom. The van der Waals surface area contributed by atoms with Crippen molar-refractivity contribution in [3.05, 3.63) is 40.7 Å². The van der Waals surface area contributed by atoms with Crippen LogP contribution in [-0.4, -0.2) is 58.6 Å². The molecule has 1 saturated heterocycles. The van der Waals surface area contributed by atoms with Gasteiger partial charge >= 0.3 is 6.18 Å². The highest BCUT2D eigenvalue weighted by molar-refractivity contribution is 6.30. The molecule has 1 fully saturated rings. The lowest BCUT2D eigenvalue weighted by Gasteiger charge is -2.25. The number of hydrogen-bond acceptors (Lipinski definition) is 6. The van der Waals surface area contributed by atoms with Crippen LogP contribution >= 0.6 is 11.6 Å². The van der Waals surface area contributed by atoms with Crippen molar-refractivity contribution < 1.29 is 26.7 Å². The minimum absolute atomic E-state index is 0.0970. The lowest BCUT2D eigenvalue weighted by Crippen LogP contribution is -2.46. The van der Waals surface area contributed by atoms with Crippen LogP contribution in [0.3, 0.4) is 0 Å². The molecule has 1 N–H and O–H groups in total. The molecule has 2 aliphatic heterocycles. The Bertz CT molecular complexity index is 1050. The molecule has 4 rings (SSSR count). The van der Waals surface area contributed by atoms with Crippen molar-refractivity contribution in [2.24, 2.45) is 4.99 Å². The molecule has 2 unspecified atom stereocenters. The second-order valence-electron chi connectivity index (χ2n) is 7.06. The largest absolute Gasteiger partial charge is 0.405 e. The first-order chi connectivity index (χ1) is 14.6. The van der Waals surface area contributed by atoms with E-state index in [1.54, 1.807) is 11.4 Å². The number of rotatable bonds is 4. The Labute approximate surface area is 177 Å². The normalized spacial score (nSPS) is 22.6. The van der Waals surface area contributed by atoms with Crippen LogP contribution < -0.4 is 10.2 Å². The summed E-state index contributed by atoms with van der Waals surface area (Å²) in [6.45, 7) is -1.98. The van der Waals surface area contributed by atoms with E-state index in [4.69, 9.17) is 11.6 Å². The van der Waals surface area contributed by atoms with E-state index in [-0.39, 0.29) is 11.6 Å². The minimum Gasteiger partial charge on any atom is -0.345 e. The molecule has 0 aliphatic carbocycles. The summed E-state index contributed by atoms with van der Waals surface area (Å²) < 4.78 is 65.9. The van der Waals surface area contributed by atoms with Crippen molar-refractivity contribution in [3.8, 4) is 0 Å². The summed E-state index contributed by atoms with van der Waals surface area (Å²) in [4.78, 5) is 29.6. The van der Waals surface area contributed by atoms with Gasteiger partial charge in [-0.3, -0.25) is 4.79 Å². The first-order valence-corrected chi connectivity index (χ1v) is 9.47. The molecule has 0 aromatic carbocycles. The Hall–Kier alpha value is -2.89. The number of carbonyl (C=O) groups is 1. The van der Waals surface area contributed by atoms with Crippen LogP contribution in [0.1, 0.15) is 23.7 Å². The van der Waals surface area contributed by atoms with Crippen LogP contribution in [0.5, 0.6) is 0 Å². The molecular weight excluding hydrogens is 447 g/mol. The second-order valence-corrected chi connectivity index (χ2v) is 7.49. The van der Waals surface area contributed by atoms with Gasteiger partial charge < -0.3 is 10.2 Å². The molecule has 13 heteroatoms. The number of halogens is 6. The summed E-state index contributed by atoms with van der Waals surface area (Å²) >= 11 is 5.97. The highest BCUT2D eigenvalue weighted by Gasteiger charge is 2.41. The third kappa shape index (κ3) is 4.43.